The summed E-state index contributed by atoms with van der Waals surface area (Å²) in [5, 5.41) is 8.78. The second-order valence-electron chi connectivity index (χ2n) is 9.53. The molecule has 0 bridgehead atoms. The third-order valence-corrected chi connectivity index (χ3v) is 6.94. The molecule has 0 saturated heterocycles. The van der Waals surface area contributed by atoms with Gasteiger partial charge in [-0.15, -0.1) is 0 Å². The molecule has 0 atom stereocenters. The van der Waals surface area contributed by atoms with Gasteiger partial charge >= 0.3 is 0 Å². The molecule has 1 aromatic carbocycles. The van der Waals surface area contributed by atoms with Gasteiger partial charge in [0.05, 0.1) is 18.0 Å². The lowest BCUT2D eigenvalue weighted by Gasteiger charge is -2.28. The summed E-state index contributed by atoms with van der Waals surface area (Å²) in [5.74, 6) is 1.76. The van der Waals surface area contributed by atoms with Crippen LogP contribution in [0.2, 0.25) is 0 Å². The van der Waals surface area contributed by atoms with Gasteiger partial charge in [0, 0.05) is 5.56 Å². The van der Waals surface area contributed by atoms with E-state index in [0.29, 0.717) is 18.1 Å². The maximum atomic E-state index is 14.3. The largest absolute Gasteiger partial charge is 0.491 e. The van der Waals surface area contributed by atoms with Gasteiger partial charge in [0.25, 0.3) is 0 Å². The smallest absolute Gasteiger partial charge is 0.165 e. The molecule has 1 fully saturated rings. The van der Waals surface area contributed by atoms with Crippen molar-refractivity contribution < 1.29 is 9.13 Å². The van der Waals surface area contributed by atoms with Crippen molar-refractivity contribution in [1.82, 2.24) is 10.2 Å². The number of rotatable bonds is 13. The predicted octanol–water partition coefficient (Wildman–Crippen LogP) is 8.17. The van der Waals surface area contributed by atoms with E-state index >= 15 is 0 Å². The first-order valence-electron chi connectivity index (χ1n) is 12.9. The second-order valence-corrected chi connectivity index (χ2v) is 9.53. The zero-order chi connectivity index (χ0) is 22.6. The highest BCUT2D eigenvalue weighted by Gasteiger charge is 2.21. The quantitative estimate of drug-likeness (QED) is 0.295. The Morgan fingerprint density at radius 3 is 2.25 bits per heavy atom. The van der Waals surface area contributed by atoms with Crippen LogP contribution in [-0.2, 0) is 6.42 Å². The highest BCUT2D eigenvalue weighted by Crippen LogP contribution is 2.34. The molecular formula is C28H41FN2O. The van der Waals surface area contributed by atoms with Crippen LogP contribution in [0.1, 0.15) is 96.6 Å². The molecule has 0 aliphatic heterocycles. The summed E-state index contributed by atoms with van der Waals surface area (Å²) >= 11 is 0. The van der Waals surface area contributed by atoms with Crippen LogP contribution in [0.5, 0.6) is 5.75 Å². The van der Waals surface area contributed by atoms with E-state index in [1.807, 2.05) is 18.2 Å². The molecule has 176 valence electrons. The van der Waals surface area contributed by atoms with Gasteiger partial charge in [-0.1, -0.05) is 78.1 Å². The number of aromatic nitrogens is 2. The van der Waals surface area contributed by atoms with Crippen LogP contribution in [0.25, 0.3) is 11.3 Å². The van der Waals surface area contributed by atoms with E-state index in [2.05, 4.69) is 24.0 Å². The van der Waals surface area contributed by atoms with Crippen LogP contribution >= 0.6 is 0 Å². The van der Waals surface area contributed by atoms with E-state index in [-0.39, 0.29) is 5.82 Å². The molecule has 0 spiro atoms. The van der Waals surface area contributed by atoms with Gasteiger partial charge in [-0.05, 0) is 61.4 Å². The van der Waals surface area contributed by atoms with Gasteiger partial charge in [0.15, 0.2) is 11.6 Å². The molecule has 3 nitrogen and oxygen atoms in total. The Labute approximate surface area is 194 Å². The van der Waals surface area contributed by atoms with Crippen LogP contribution in [0, 0.1) is 17.7 Å². The van der Waals surface area contributed by atoms with Gasteiger partial charge in [0.2, 0.25) is 0 Å². The maximum Gasteiger partial charge on any atom is 0.165 e. The van der Waals surface area contributed by atoms with Crippen LogP contribution in [0.4, 0.5) is 4.39 Å². The van der Waals surface area contributed by atoms with E-state index in [1.165, 1.54) is 70.3 Å². The first-order valence-corrected chi connectivity index (χ1v) is 12.9. The third-order valence-electron chi connectivity index (χ3n) is 6.94. The zero-order valence-corrected chi connectivity index (χ0v) is 20.1. The van der Waals surface area contributed by atoms with Crippen molar-refractivity contribution in [3.63, 3.8) is 0 Å². The zero-order valence-electron chi connectivity index (χ0n) is 20.1. The Morgan fingerprint density at radius 2 is 1.59 bits per heavy atom. The summed E-state index contributed by atoms with van der Waals surface area (Å²) in [4.78, 5) is 0. The molecule has 1 aromatic heterocycles. The number of benzene rings is 1. The SMILES string of the molecule is CCCCCCC1CCC(CCc2ccc(-c3ccc(OCCCC)c(F)c3)nn2)CC1. The molecule has 2 aromatic rings. The number of unbranched alkanes of at least 4 members (excludes halogenated alkanes) is 4. The number of aryl methyl sites for hydroxylation is 1. The molecule has 3 rings (SSSR count). The Hall–Kier alpha value is -1.97. The normalized spacial score (nSPS) is 18.6. The summed E-state index contributed by atoms with van der Waals surface area (Å²) < 4.78 is 19.8. The van der Waals surface area contributed by atoms with E-state index in [4.69, 9.17) is 4.74 Å². The van der Waals surface area contributed by atoms with Gasteiger partial charge in [0.1, 0.15) is 0 Å². The van der Waals surface area contributed by atoms with E-state index in [9.17, 15) is 4.39 Å². The molecule has 0 radical (unpaired) electrons. The molecule has 4 heteroatoms. The molecule has 1 saturated carbocycles. The van der Waals surface area contributed by atoms with Crippen molar-refractivity contribution in [3.05, 3.63) is 41.8 Å². The van der Waals surface area contributed by atoms with Crippen molar-refractivity contribution in [1.29, 1.82) is 0 Å². The first kappa shape index (κ1) is 24.7. The number of ether oxygens (including phenoxy) is 1. The van der Waals surface area contributed by atoms with E-state index < -0.39 is 0 Å². The number of hydrogen-bond donors (Lipinski definition) is 0. The van der Waals surface area contributed by atoms with Gasteiger partial charge in [-0.25, -0.2) is 4.39 Å². The summed E-state index contributed by atoms with van der Waals surface area (Å²) in [6.45, 7) is 4.92. The highest BCUT2D eigenvalue weighted by atomic mass is 19.1. The Morgan fingerprint density at radius 1 is 0.844 bits per heavy atom. The van der Waals surface area contributed by atoms with Gasteiger partial charge in [-0.2, -0.15) is 10.2 Å². The minimum absolute atomic E-state index is 0.308. The van der Waals surface area contributed by atoms with Crippen molar-refractivity contribution in [2.24, 2.45) is 11.8 Å². The average Bonchev–Trinajstić information content (AvgIpc) is 2.83. The number of nitrogens with zero attached hydrogens (tertiary/aromatic N) is 2. The van der Waals surface area contributed by atoms with Gasteiger partial charge in [-0.3, -0.25) is 0 Å². The standard InChI is InChI=1S/C28H41FN2O/c1-3-5-7-8-9-22-10-12-23(13-11-22)14-16-25-17-18-27(31-30-25)24-15-19-28(26(29)21-24)32-20-6-4-2/h15,17-19,21-23H,3-14,16,20H2,1-2H3. The molecule has 0 N–H and O–H groups in total. The minimum Gasteiger partial charge on any atom is -0.491 e. The Kier molecular flexibility index (Phi) is 10.4. The Bertz CT molecular complexity index is 785. The van der Waals surface area contributed by atoms with Crippen molar-refractivity contribution in [2.75, 3.05) is 6.61 Å². The molecule has 1 aliphatic carbocycles. The summed E-state index contributed by atoms with van der Waals surface area (Å²) in [5.41, 5.74) is 2.48. The van der Waals surface area contributed by atoms with Crippen molar-refractivity contribution >= 4 is 0 Å². The van der Waals surface area contributed by atoms with Crippen LogP contribution in [0.3, 0.4) is 0 Å². The lowest BCUT2D eigenvalue weighted by molar-refractivity contribution is 0.248. The topological polar surface area (TPSA) is 35.0 Å². The van der Waals surface area contributed by atoms with E-state index in [0.717, 1.165) is 42.4 Å². The van der Waals surface area contributed by atoms with Crippen molar-refractivity contribution in [2.45, 2.75) is 97.3 Å². The van der Waals surface area contributed by atoms with Crippen LogP contribution < -0.4 is 4.74 Å². The average molecular weight is 441 g/mol. The molecule has 0 unspecified atom stereocenters. The van der Waals surface area contributed by atoms with Crippen LogP contribution in [0.15, 0.2) is 30.3 Å². The molecule has 32 heavy (non-hydrogen) atoms. The van der Waals surface area contributed by atoms with E-state index in [1.54, 1.807) is 6.07 Å². The van der Waals surface area contributed by atoms with Crippen LogP contribution in [-0.4, -0.2) is 16.8 Å². The predicted molar refractivity (Wildman–Crippen MR) is 130 cm³/mol. The molecule has 1 heterocycles. The molecule has 0 amide bonds. The first-order chi connectivity index (χ1) is 15.7. The number of halogens is 1. The minimum atomic E-state index is -0.342. The monoisotopic (exact) mass is 440 g/mol. The van der Waals surface area contributed by atoms with Gasteiger partial charge < -0.3 is 4.74 Å². The highest BCUT2D eigenvalue weighted by molar-refractivity contribution is 5.59. The lowest BCUT2D eigenvalue weighted by atomic mass is 9.78. The lowest BCUT2D eigenvalue weighted by Crippen LogP contribution is -2.15. The molecular weight excluding hydrogens is 399 g/mol. The van der Waals surface area contributed by atoms with Crippen molar-refractivity contribution in [3.8, 4) is 17.0 Å². The fraction of sp³-hybridized carbons (Fsp3) is 0.643. The fourth-order valence-corrected chi connectivity index (χ4v) is 4.77. The summed E-state index contributed by atoms with van der Waals surface area (Å²) in [6, 6.07) is 9.05. The fourth-order valence-electron chi connectivity index (χ4n) is 4.77. The maximum absolute atomic E-state index is 14.3. The third kappa shape index (κ3) is 7.86. The molecule has 1 aliphatic rings. The number of hydrogen-bond acceptors (Lipinski definition) is 3. The Balaban J connectivity index is 1.42. The summed E-state index contributed by atoms with van der Waals surface area (Å²) in [7, 11) is 0. The summed E-state index contributed by atoms with van der Waals surface area (Å²) in [6.07, 6.45) is 16.7. The second kappa shape index (κ2) is 13.5.